The Morgan fingerprint density at radius 2 is 1.89 bits per heavy atom. The van der Waals surface area contributed by atoms with Gasteiger partial charge in [0.25, 0.3) is 5.91 Å². The van der Waals surface area contributed by atoms with E-state index in [0.29, 0.717) is 18.7 Å². The topological polar surface area (TPSA) is 99.5 Å². The number of carbonyl (C=O) groups is 1. The number of carbonyl (C=O) groups excluding carboxylic acids is 1. The number of hydrogen-bond acceptors (Lipinski definition) is 6. The van der Waals surface area contributed by atoms with Crippen molar-refractivity contribution < 1.29 is 13.2 Å². The molecule has 3 N–H and O–H groups in total. The van der Waals surface area contributed by atoms with Crippen LogP contribution in [0.1, 0.15) is 51.4 Å². The largest absolute Gasteiger partial charge is 0.366 e. The summed E-state index contributed by atoms with van der Waals surface area (Å²) in [4.78, 5) is 20.6. The minimum atomic E-state index is -3.18. The highest BCUT2D eigenvalue weighted by Crippen LogP contribution is 2.38. The van der Waals surface area contributed by atoms with Crippen LogP contribution in [0, 0.1) is 0 Å². The number of thiophene rings is 2. The van der Waals surface area contributed by atoms with Crippen LogP contribution in [-0.2, 0) is 23.1 Å². The van der Waals surface area contributed by atoms with Crippen LogP contribution in [0.5, 0.6) is 0 Å². The van der Waals surface area contributed by atoms with E-state index >= 15 is 0 Å². The molecule has 10 heteroatoms. The van der Waals surface area contributed by atoms with E-state index in [-0.39, 0.29) is 11.7 Å². The Bertz CT molecular complexity index is 1500. The molecule has 0 aliphatic carbocycles. The first-order valence-electron chi connectivity index (χ1n) is 12.5. The summed E-state index contributed by atoms with van der Waals surface area (Å²) >= 11 is 3.49. The van der Waals surface area contributed by atoms with Crippen LogP contribution in [0.15, 0.2) is 47.3 Å². The summed E-state index contributed by atoms with van der Waals surface area (Å²) in [5.41, 5.74) is 10.2. The second kappa shape index (κ2) is 10.7. The number of benzene rings is 1. The van der Waals surface area contributed by atoms with Gasteiger partial charge in [0, 0.05) is 47.5 Å². The van der Waals surface area contributed by atoms with Gasteiger partial charge < -0.3 is 10.7 Å². The Labute approximate surface area is 226 Å². The summed E-state index contributed by atoms with van der Waals surface area (Å²) in [6, 6.07) is 10.5. The second-order valence-corrected chi connectivity index (χ2v) is 14.0. The highest BCUT2D eigenvalue weighted by atomic mass is 32.2. The first-order chi connectivity index (χ1) is 17.7. The Balaban J connectivity index is 1.41. The molecule has 0 radical (unpaired) electrons. The molecule has 4 heterocycles. The molecular weight excluding hydrogens is 525 g/mol. The number of H-pyrrole nitrogens is 1. The van der Waals surface area contributed by atoms with E-state index in [4.69, 9.17) is 5.73 Å². The molecule has 7 nitrogen and oxygen atoms in total. The Kier molecular flexibility index (Phi) is 7.56. The molecule has 37 heavy (non-hydrogen) atoms. The van der Waals surface area contributed by atoms with Crippen LogP contribution in [0.3, 0.4) is 0 Å². The van der Waals surface area contributed by atoms with Gasteiger partial charge in [-0.3, -0.25) is 9.69 Å². The van der Waals surface area contributed by atoms with Crippen LogP contribution >= 0.6 is 22.7 Å². The lowest BCUT2D eigenvalue weighted by Gasteiger charge is -2.31. The van der Waals surface area contributed by atoms with Gasteiger partial charge in [-0.25, -0.2) is 12.7 Å². The van der Waals surface area contributed by atoms with Crippen molar-refractivity contribution in [3.8, 4) is 11.1 Å². The van der Waals surface area contributed by atoms with Crippen molar-refractivity contribution in [2.24, 2.45) is 5.73 Å². The number of amides is 1. The monoisotopic (exact) mass is 556 g/mol. The lowest BCUT2D eigenvalue weighted by Crippen LogP contribution is -2.38. The van der Waals surface area contributed by atoms with Gasteiger partial charge >= 0.3 is 0 Å². The molecule has 3 aromatic heterocycles. The molecule has 5 rings (SSSR count). The van der Waals surface area contributed by atoms with Gasteiger partial charge in [0.15, 0.2) is 0 Å². The molecular formula is C27H32N4O3S3. The van der Waals surface area contributed by atoms with E-state index in [1.165, 1.54) is 9.75 Å². The number of sulfonamides is 1. The first-order valence-corrected chi connectivity index (χ1v) is 15.8. The van der Waals surface area contributed by atoms with Gasteiger partial charge in [-0.05, 0) is 84.4 Å². The third-order valence-corrected chi connectivity index (χ3v) is 10.8. The van der Waals surface area contributed by atoms with Gasteiger partial charge in [0.1, 0.15) is 0 Å². The fourth-order valence-electron chi connectivity index (χ4n) is 5.18. The Morgan fingerprint density at radius 1 is 1.14 bits per heavy atom. The van der Waals surface area contributed by atoms with E-state index in [9.17, 15) is 13.2 Å². The van der Waals surface area contributed by atoms with Gasteiger partial charge in [-0.1, -0.05) is 6.07 Å². The van der Waals surface area contributed by atoms with Gasteiger partial charge in [0.05, 0.1) is 16.8 Å². The fraction of sp³-hybridized carbons (Fsp3) is 0.370. The van der Waals surface area contributed by atoms with E-state index in [2.05, 4.69) is 52.0 Å². The lowest BCUT2D eigenvalue weighted by molar-refractivity contribution is 0.100. The smallest absolute Gasteiger partial charge is 0.250 e. The number of fused-ring (bicyclic) bond motifs is 1. The van der Waals surface area contributed by atoms with Crippen LogP contribution in [0.4, 0.5) is 0 Å². The molecule has 1 amide bonds. The molecule has 1 aliphatic rings. The standard InChI is InChI=1S/C27H32N4O3S3/c1-3-37(33,34)31-8-6-18(7-9-31)25-14-29-26-23(25)12-19(13-24(26)27(28)32)20-11-22(36-17-20)16-30(2)15-21-5-4-10-35-21/h4-5,10-14,17-18,29H,3,6-9,15-16H2,1-2H3,(H2,28,32). The van der Waals surface area contributed by atoms with E-state index in [1.807, 2.05) is 12.3 Å². The average Bonchev–Trinajstić information content (AvgIpc) is 3.65. The van der Waals surface area contributed by atoms with E-state index in [1.54, 1.807) is 33.9 Å². The second-order valence-electron chi connectivity index (χ2n) is 9.68. The number of nitrogens with zero attached hydrogens (tertiary/aromatic N) is 2. The van der Waals surface area contributed by atoms with Crippen molar-refractivity contribution >= 4 is 49.5 Å². The van der Waals surface area contributed by atoms with Gasteiger partial charge in [-0.15, -0.1) is 22.7 Å². The molecule has 0 saturated carbocycles. The predicted octanol–water partition coefficient (Wildman–Crippen LogP) is 5.22. The molecule has 0 atom stereocenters. The summed E-state index contributed by atoms with van der Waals surface area (Å²) in [7, 11) is -1.05. The van der Waals surface area contributed by atoms with Crippen LogP contribution in [0.2, 0.25) is 0 Å². The quantitative estimate of drug-likeness (QED) is 0.295. The zero-order valence-electron chi connectivity index (χ0n) is 21.1. The van der Waals surface area contributed by atoms with Crippen molar-refractivity contribution in [1.82, 2.24) is 14.2 Å². The maximum atomic E-state index is 12.4. The summed E-state index contributed by atoms with van der Waals surface area (Å²) in [5.74, 6) is -0.116. The zero-order valence-corrected chi connectivity index (χ0v) is 23.5. The average molecular weight is 557 g/mol. The third-order valence-electron chi connectivity index (χ3n) is 7.16. The molecule has 1 fully saturated rings. The van der Waals surface area contributed by atoms with Crippen molar-refractivity contribution in [3.05, 3.63) is 68.2 Å². The summed E-state index contributed by atoms with van der Waals surface area (Å²) in [6.07, 6.45) is 3.47. The first kappa shape index (κ1) is 26.1. The number of nitrogens with one attached hydrogen (secondary N) is 1. The predicted molar refractivity (Wildman–Crippen MR) is 153 cm³/mol. The molecule has 1 aromatic carbocycles. The minimum Gasteiger partial charge on any atom is -0.366 e. The van der Waals surface area contributed by atoms with Crippen molar-refractivity contribution in [2.75, 3.05) is 25.9 Å². The summed E-state index contributed by atoms with van der Waals surface area (Å²) < 4.78 is 26.2. The van der Waals surface area contributed by atoms with Gasteiger partial charge in [-0.2, -0.15) is 0 Å². The zero-order chi connectivity index (χ0) is 26.2. The van der Waals surface area contributed by atoms with Crippen LogP contribution in [-0.4, -0.2) is 54.4 Å². The van der Waals surface area contributed by atoms with Crippen molar-refractivity contribution in [2.45, 2.75) is 38.8 Å². The highest BCUT2D eigenvalue weighted by molar-refractivity contribution is 7.89. The van der Waals surface area contributed by atoms with E-state index < -0.39 is 15.9 Å². The number of piperidine rings is 1. The van der Waals surface area contributed by atoms with E-state index in [0.717, 1.165) is 53.5 Å². The Hall–Kier alpha value is -2.50. The normalized spacial score (nSPS) is 15.6. The number of aromatic amines is 1. The summed E-state index contributed by atoms with van der Waals surface area (Å²) in [6.45, 7) is 4.48. The molecule has 0 unspecified atom stereocenters. The SMILES string of the molecule is CCS(=O)(=O)N1CCC(c2c[nH]c3c(C(N)=O)cc(-c4csc(CN(C)Cc5cccs5)c4)cc23)CC1. The molecule has 196 valence electrons. The van der Waals surface area contributed by atoms with Crippen molar-refractivity contribution in [3.63, 3.8) is 0 Å². The molecule has 0 bridgehead atoms. The van der Waals surface area contributed by atoms with Crippen molar-refractivity contribution in [1.29, 1.82) is 0 Å². The highest BCUT2D eigenvalue weighted by Gasteiger charge is 2.29. The number of nitrogens with two attached hydrogens (primary N) is 1. The number of hydrogen-bond donors (Lipinski definition) is 2. The van der Waals surface area contributed by atoms with Crippen LogP contribution in [0.25, 0.3) is 22.0 Å². The number of primary amides is 1. The molecule has 4 aromatic rings. The Morgan fingerprint density at radius 3 is 2.57 bits per heavy atom. The molecule has 0 spiro atoms. The maximum absolute atomic E-state index is 12.4. The maximum Gasteiger partial charge on any atom is 0.250 e. The summed E-state index contributed by atoms with van der Waals surface area (Å²) in [5, 5.41) is 5.23. The fourth-order valence-corrected chi connectivity index (χ4v) is 8.07. The number of aromatic nitrogens is 1. The number of rotatable bonds is 9. The van der Waals surface area contributed by atoms with Crippen LogP contribution < -0.4 is 5.73 Å². The molecule has 1 saturated heterocycles. The minimum absolute atomic E-state index is 0.128. The molecule has 1 aliphatic heterocycles. The third kappa shape index (κ3) is 5.53. The van der Waals surface area contributed by atoms with Gasteiger partial charge in [0.2, 0.25) is 10.0 Å². The lowest BCUT2D eigenvalue weighted by atomic mass is 9.88.